The highest BCUT2D eigenvalue weighted by molar-refractivity contribution is 5.92. The van der Waals surface area contributed by atoms with Crippen molar-refractivity contribution in [3.8, 4) is 11.5 Å². The SMILES string of the molecule is COc1ccc(NC(=O)Cn2c[n+](CC(=O)Nc3ccc(OC)cc3)c3ccccc32)cc1.[Cl-]. The first kappa shape index (κ1) is 24.6. The molecule has 2 N–H and O–H groups in total. The molecule has 0 unspecified atom stereocenters. The van der Waals surface area contributed by atoms with Gasteiger partial charge < -0.3 is 32.5 Å². The Labute approximate surface area is 203 Å². The summed E-state index contributed by atoms with van der Waals surface area (Å²) in [5.74, 6) is 1.10. The summed E-state index contributed by atoms with van der Waals surface area (Å²) in [6.45, 7) is 0.222. The van der Waals surface area contributed by atoms with Crippen LogP contribution in [0, 0.1) is 0 Å². The molecule has 0 saturated heterocycles. The highest BCUT2D eigenvalue weighted by atomic mass is 35.5. The largest absolute Gasteiger partial charge is 1.00 e. The second-order valence-corrected chi connectivity index (χ2v) is 7.41. The van der Waals surface area contributed by atoms with Gasteiger partial charge in [0.15, 0.2) is 24.1 Å². The molecular weight excluding hydrogens is 456 g/mol. The lowest BCUT2D eigenvalue weighted by Crippen LogP contribution is -3.00. The molecule has 2 amide bonds. The quantitative estimate of drug-likeness (QED) is 0.353. The van der Waals surface area contributed by atoms with E-state index in [4.69, 9.17) is 9.47 Å². The smallest absolute Gasteiger partial charge is 0.266 e. The second-order valence-electron chi connectivity index (χ2n) is 7.41. The summed E-state index contributed by atoms with van der Waals surface area (Å²) >= 11 is 0. The van der Waals surface area contributed by atoms with Gasteiger partial charge >= 0.3 is 0 Å². The minimum absolute atomic E-state index is 0. The Bertz CT molecular complexity index is 1170. The highest BCUT2D eigenvalue weighted by Crippen LogP contribution is 2.17. The van der Waals surface area contributed by atoms with Gasteiger partial charge in [-0.1, -0.05) is 12.1 Å². The molecule has 4 aromatic rings. The van der Waals surface area contributed by atoms with E-state index in [0.29, 0.717) is 11.4 Å². The molecule has 0 aliphatic heterocycles. The normalized spacial score (nSPS) is 10.3. The molecule has 0 saturated carbocycles. The van der Waals surface area contributed by atoms with E-state index in [1.54, 1.807) is 69.1 Å². The zero-order chi connectivity index (χ0) is 23.2. The maximum absolute atomic E-state index is 12.6. The number of amides is 2. The fraction of sp³-hybridized carbons (Fsp3) is 0.160. The molecule has 1 aromatic heterocycles. The Kier molecular flexibility index (Phi) is 8.10. The van der Waals surface area contributed by atoms with Crippen molar-refractivity contribution in [2.45, 2.75) is 13.1 Å². The predicted octanol–water partition coefficient (Wildman–Crippen LogP) is 0.227. The van der Waals surface area contributed by atoms with Crippen LogP contribution in [-0.4, -0.2) is 30.6 Å². The average molecular weight is 481 g/mol. The number of anilines is 2. The number of fused-ring (bicyclic) bond motifs is 1. The summed E-state index contributed by atoms with van der Waals surface area (Å²) in [6.07, 6.45) is 1.78. The van der Waals surface area contributed by atoms with Crippen molar-refractivity contribution in [1.82, 2.24) is 4.57 Å². The van der Waals surface area contributed by atoms with Crippen molar-refractivity contribution in [1.29, 1.82) is 0 Å². The Morgan fingerprint density at radius 2 is 1.32 bits per heavy atom. The molecule has 0 radical (unpaired) electrons. The van der Waals surface area contributed by atoms with Crippen LogP contribution in [0.5, 0.6) is 11.5 Å². The van der Waals surface area contributed by atoms with Crippen LogP contribution in [-0.2, 0) is 22.7 Å². The third-order valence-electron chi connectivity index (χ3n) is 5.15. The zero-order valence-corrected chi connectivity index (χ0v) is 19.6. The fourth-order valence-electron chi connectivity index (χ4n) is 3.55. The number of ether oxygens (including phenoxy) is 2. The van der Waals surface area contributed by atoms with Crippen LogP contribution in [0.15, 0.2) is 79.1 Å². The minimum Gasteiger partial charge on any atom is -1.00 e. The number of carbonyl (C=O) groups excluding carboxylic acids is 2. The lowest BCUT2D eigenvalue weighted by molar-refractivity contribution is -0.658. The number of rotatable bonds is 8. The number of hydrogen-bond donors (Lipinski definition) is 2. The van der Waals surface area contributed by atoms with Crippen LogP contribution in [0.3, 0.4) is 0 Å². The molecule has 0 bridgehead atoms. The number of nitrogens with zero attached hydrogens (tertiary/aromatic N) is 2. The number of imidazole rings is 1. The molecular formula is C25H25ClN4O4. The number of para-hydroxylation sites is 2. The van der Waals surface area contributed by atoms with E-state index in [2.05, 4.69) is 10.6 Å². The Hall–Kier alpha value is -4.04. The third kappa shape index (κ3) is 5.85. The molecule has 0 aliphatic rings. The van der Waals surface area contributed by atoms with Gasteiger partial charge in [0.25, 0.3) is 11.8 Å². The number of halogens is 1. The fourth-order valence-corrected chi connectivity index (χ4v) is 3.55. The van der Waals surface area contributed by atoms with Gasteiger partial charge in [0.1, 0.15) is 11.5 Å². The van der Waals surface area contributed by atoms with E-state index >= 15 is 0 Å². The molecule has 0 fully saturated rings. The first-order valence-corrected chi connectivity index (χ1v) is 10.4. The number of methoxy groups -OCH3 is 2. The summed E-state index contributed by atoms with van der Waals surface area (Å²) < 4.78 is 13.9. The van der Waals surface area contributed by atoms with E-state index in [1.807, 2.05) is 33.4 Å². The number of hydrogen-bond acceptors (Lipinski definition) is 4. The number of nitrogens with one attached hydrogen (secondary N) is 2. The summed E-state index contributed by atoms with van der Waals surface area (Å²) in [6, 6.07) is 22.0. The molecule has 176 valence electrons. The molecule has 0 spiro atoms. The summed E-state index contributed by atoms with van der Waals surface area (Å²) in [5, 5.41) is 5.77. The van der Waals surface area contributed by atoms with Crippen molar-refractivity contribution >= 4 is 34.2 Å². The van der Waals surface area contributed by atoms with E-state index in [0.717, 1.165) is 22.5 Å². The maximum Gasteiger partial charge on any atom is 0.266 e. The topological polar surface area (TPSA) is 85.5 Å². The van der Waals surface area contributed by atoms with Crippen molar-refractivity contribution in [3.05, 3.63) is 79.1 Å². The molecule has 8 nitrogen and oxygen atoms in total. The monoisotopic (exact) mass is 480 g/mol. The van der Waals surface area contributed by atoms with Gasteiger partial charge in [-0.2, -0.15) is 0 Å². The van der Waals surface area contributed by atoms with E-state index in [1.165, 1.54) is 0 Å². The summed E-state index contributed by atoms with van der Waals surface area (Å²) in [4.78, 5) is 25.3. The van der Waals surface area contributed by atoms with E-state index in [9.17, 15) is 9.59 Å². The Balaban J connectivity index is 0.00000324. The maximum atomic E-state index is 12.6. The van der Waals surface area contributed by atoms with Gasteiger partial charge in [-0.15, -0.1) is 0 Å². The summed E-state index contributed by atoms with van der Waals surface area (Å²) in [5.41, 5.74) is 3.09. The number of benzene rings is 3. The first-order chi connectivity index (χ1) is 16.1. The van der Waals surface area contributed by atoms with Gasteiger partial charge in [0.2, 0.25) is 6.33 Å². The average Bonchev–Trinajstić information content (AvgIpc) is 3.16. The standard InChI is InChI=1S/C25H24N4O4.ClH/c1-32-20-11-7-18(8-12-20)26-24(30)15-28-17-29(23-6-4-3-5-22(23)28)16-25(31)27-19-9-13-21(33-2)14-10-19;/h3-14,17H,15-16H2,1-2H3,(H-,26,27,30,31);1H. The van der Waals surface area contributed by atoms with Crippen LogP contribution in [0.2, 0.25) is 0 Å². The van der Waals surface area contributed by atoms with E-state index in [-0.39, 0.29) is 37.3 Å². The van der Waals surface area contributed by atoms with Crippen LogP contribution in [0.1, 0.15) is 0 Å². The Morgan fingerprint density at radius 1 is 0.794 bits per heavy atom. The molecule has 4 rings (SSSR count). The molecule has 3 aromatic carbocycles. The molecule has 0 aliphatic carbocycles. The second kappa shape index (κ2) is 11.2. The lowest BCUT2D eigenvalue weighted by atomic mass is 10.3. The van der Waals surface area contributed by atoms with Crippen LogP contribution < -0.4 is 37.1 Å². The van der Waals surface area contributed by atoms with Gasteiger partial charge in [0.05, 0.1) is 14.2 Å². The van der Waals surface area contributed by atoms with Gasteiger partial charge in [0, 0.05) is 11.4 Å². The Morgan fingerprint density at radius 3 is 1.88 bits per heavy atom. The molecule has 9 heteroatoms. The molecule has 0 atom stereocenters. The van der Waals surface area contributed by atoms with Crippen molar-refractivity contribution in [2.75, 3.05) is 24.9 Å². The predicted molar refractivity (Wildman–Crippen MR) is 125 cm³/mol. The van der Waals surface area contributed by atoms with Gasteiger partial charge in [-0.25, -0.2) is 9.13 Å². The van der Waals surface area contributed by atoms with Crippen molar-refractivity contribution in [3.63, 3.8) is 0 Å². The highest BCUT2D eigenvalue weighted by Gasteiger charge is 2.20. The van der Waals surface area contributed by atoms with Gasteiger partial charge in [-0.05, 0) is 60.7 Å². The van der Waals surface area contributed by atoms with Gasteiger partial charge in [-0.3, -0.25) is 9.59 Å². The minimum atomic E-state index is -0.171. The number of aromatic nitrogens is 2. The van der Waals surface area contributed by atoms with Crippen LogP contribution in [0.25, 0.3) is 11.0 Å². The molecule has 34 heavy (non-hydrogen) atoms. The number of carbonyl (C=O) groups is 2. The zero-order valence-electron chi connectivity index (χ0n) is 18.8. The van der Waals surface area contributed by atoms with Crippen LogP contribution >= 0.6 is 0 Å². The lowest BCUT2D eigenvalue weighted by Gasteiger charge is -2.05. The summed E-state index contributed by atoms with van der Waals surface area (Å²) in [7, 11) is 3.19. The molecule has 1 heterocycles. The van der Waals surface area contributed by atoms with Crippen molar-refractivity contribution < 1.29 is 36.0 Å². The third-order valence-corrected chi connectivity index (χ3v) is 5.15. The van der Waals surface area contributed by atoms with Crippen LogP contribution in [0.4, 0.5) is 11.4 Å². The van der Waals surface area contributed by atoms with Crippen molar-refractivity contribution in [2.24, 2.45) is 0 Å². The van der Waals surface area contributed by atoms with E-state index < -0.39 is 0 Å². The first-order valence-electron chi connectivity index (χ1n) is 10.4.